The molecule has 0 saturated carbocycles. The minimum Gasteiger partial charge on any atom is -0.507 e. The van der Waals surface area contributed by atoms with E-state index < -0.39 is 0 Å². The number of tetrazole rings is 1. The molecule has 1 radical (unpaired) electrons. The van der Waals surface area contributed by atoms with Gasteiger partial charge in [0.2, 0.25) is 0 Å². The average molecular weight is 435 g/mol. The number of ether oxygens (including phenoxy) is 1. The van der Waals surface area contributed by atoms with Gasteiger partial charge in [-0.15, -0.1) is 10.2 Å². The second-order valence-electron chi connectivity index (χ2n) is 8.12. The Morgan fingerprint density at radius 1 is 1.13 bits per heavy atom. The van der Waals surface area contributed by atoms with Crippen LogP contribution < -0.4 is 4.74 Å². The molecule has 0 fully saturated rings. The second-order valence-corrected chi connectivity index (χ2v) is 8.12. The summed E-state index contributed by atoms with van der Waals surface area (Å²) in [6.07, 6.45) is 4.70. The Balaban J connectivity index is 0.00000341. The third-order valence-electron chi connectivity index (χ3n) is 5.35. The van der Waals surface area contributed by atoms with Crippen LogP contribution >= 0.6 is 0 Å². The summed E-state index contributed by atoms with van der Waals surface area (Å²) in [6.45, 7) is 6.85. The third-order valence-corrected chi connectivity index (χ3v) is 5.35. The molecule has 0 amide bonds. The van der Waals surface area contributed by atoms with E-state index in [9.17, 15) is 9.50 Å². The molecule has 3 rings (SSSR count). The van der Waals surface area contributed by atoms with E-state index in [1.807, 2.05) is 13.0 Å². The van der Waals surface area contributed by atoms with E-state index in [1.54, 1.807) is 18.2 Å². The molecular weight excluding hydrogens is 406 g/mol. The number of rotatable bonds is 10. The van der Waals surface area contributed by atoms with Crippen LogP contribution in [0.3, 0.4) is 0 Å². The molecule has 0 spiro atoms. The Morgan fingerprint density at radius 3 is 2.61 bits per heavy atom. The first kappa shape index (κ1) is 25.3. The second kappa shape index (κ2) is 11.6. The van der Waals surface area contributed by atoms with Crippen molar-refractivity contribution in [1.82, 2.24) is 20.6 Å². The molecule has 0 bridgehead atoms. The Bertz CT molecular complexity index is 964. The molecule has 0 unspecified atom stereocenters. The number of phenols is 1. The summed E-state index contributed by atoms with van der Waals surface area (Å²) >= 11 is 0. The molecule has 1 heterocycles. The van der Waals surface area contributed by atoms with Crippen molar-refractivity contribution < 1.29 is 14.2 Å². The Kier molecular flexibility index (Phi) is 9.47. The van der Waals surface area contributed by atoms with Crippen LogP contribution in [0.4, 0.5) is 4.39 Å². The van der Waals surface area contributed by atoms with Gasteiger partial charge >= 0.3 is 0 Å². The zero-order chi connectivity index (χ0) is 21.6. The molecular formula is C23H29FN4NaO2. The van der Waals surface area contributed by atoms with E-state index in [0.29, 0.717) is 23.5 Å². The minimum absolute atomic E-state index is 0. The molecule has 3 aromatic rings. The summed E-state index contributed by atoms with van der Waals surface area (Å²) in [5.41, 5.74) is 2.15. The number of aryl methyl sites for hydroxylation is 1. The fourth-order valence-electron chi connectivity index (χ4n) is 3.50. The first-order valence-electron chi connectivity index (χ1n) is 10.4. The van der Waals surface area contributed by atoms with Crippen LogP contribution in [0.5, 0.6) is 11.5 Å². The zero-order valence-electron chi connectivity index (χ0n) is 18.8. The van der Waals surface area contributed by atoms with Crippen molar-refractivity contribution in [3.8, 4) is 22.6 Å². The number of unbranched alkanes of at least 4 members (excludes halogenated alkanes) is 2. The maximum absolute atomic E-state index is 13.6. The van der Waals surface area contributed by atoms with Crippen LogP contribution in [-0.2, 0) is 11.8 Å². The Labute approximate surface area is 204 Å². The van der Waals surface area contributed by atoms with Gasteiger partial charge in [0.1, 0.15) is 17.3 Å². The zero-order valence-corrected chi connectivity index (χ0v) is 20.8. The van der Waals surface area contributed by atoms with Gasteiger partial charge in [-0.3, -0.25) is 0 Å². The van der Waals surface area contributed by atoms with Gasteiger partial charge in [-0.25, -0.2) is 4.39 Å². The van der Waals surface area contributed by atoms with Crippen LogP contribution in [-0.4, -0.2) is 61.9 Å². The van der Waals surface area contributed by atoms with Gasteiger partial charge in [0.05, 0.1) is 6.61 Å². The van der Waals surface area contributed by atoms with Gasteiger partial charge in [-0.05, 0) is 48.6 Å². The van der Waals surface area contributed by atoms with Crippen molar-refractivity contribution in [2.24, 2.45) is 0 Å². The largest absolute Gasteiger partial charge is 0.507 e. The number of phenolic OH excluding ortho intramolecular Hbond substituents is 1. The van der Waals surface area contributed by atoms with E-state index >= 15 is 0 Å². The molecule has 0 aliphatic carbocycles. The number of aromatic amines is 1. The number of nitrogens with one attached hydrogen (secondary N) is 1. The van der Waals surface area contributed by atoms with Gasteiger partial charge in [-0.1, -0.05) is 51.0 Å². The number of benzene rings is 2. The van der Waals surface area contributed by atoms with E-state index in [1.165, 1.54) is 12.1 Å². The van der Waals surface area contributed by atoms with E-state index in [4.69, 9.17) is 4.74 Å². The number of hydrogen-bond donors (Lipinski definition) is 2. The molecule has 0 atom stereocenters. The normalized spacial score (nSPS) is 11.2. The quantitative estimate of drug-likeness (QED) is 0.353. The van der Waals surface area contributed by atoms with Gasteiger partial charge in [0, 0.05) is 46.6 Å². The summed E-state index contributed by atoms with van der Waals surface area (Å²) < 4.78 is 19.5. The number of aromatic nitrogens is 4. The van der Waals surface area contributed by atoms with E-state index in [0.717, 1.165) is 43.5 Å². The molecule has 2 N–H and O–H groups in total. The number of hydrogen-bond acceptors (Lipinski definition) is 5. The molecule has 2 aromatic carbocycles. The molecule has 31 heavy (non-hydrogen) atoms. The number of nitrogens with zero attached hydrogens (tertiary/aromatic N) is 3. The van der Waals surface area contributed by atoms with Crippen molar-refractivity contribution in [3.63, 3.8) is 0 Å². The molecule has 161 valence electrons. The standard InChI is InChI=1S/C23H29FN4O2.Na/c1-4-16-14-19(17-9-8-10-18(24)13-17)20(29)15-21(16)30-12-7-5-6-11-23(2,3)22-25-27-28-26-22;/h8-10,13-15,29H,4-7,11-12H2,1-3H3,(H,25,26,27,28);. The monoisotopic (exact) mass is 435 g/mol. The van der Waals surface area contributed by atoms with Crippen LogP contribution in [0.1, 0.15) is 57.8 Å². The minimum atomic E-state index is -0.326. The smallest absolute Gasteiger partial charge is 0.180 e. The fraction of sp³-hybridized carbons (Fsp3) is 0.435. The van der Waals surface area contributed by atoms with Crippen LogP contribution in [0.15, 0.2) is 36.4 Å². The first-order valence-corrected chi connectivity index (χ1v) is 10.4. The number of halogens is 1. The topological polar surface area (TPSA) is 83.9 Å². The predicted molar refractivity (Wildman–Crippen MR) is 120 cm³/mol. The predicted octanol–water partition coefficient (Wildman–Crippen LogP) is 4.81. The molecule has 8 heteroatoms. The average Bonchev–Trinajstić information content (AvgIpc) is 3.26. The third kappa shape index (κ3) is 6.76. The fourth-order valence-corrected chi connectivity index (χ4v) is 3.50. The van der Waals surface area contributed by atoms with Crippen LogP contribution in [0.2, 0.25) is 0 Å². The van der Waals surface area contributed by atoms with Crippen LogP contribution in [0, 0.1) is 5.82 Å². The summed E-state index contributed by atoms with van der Waals surface area (Å²) in [5, 5.41) is 24.8. The Hall–Kier alpha value is -1.96. The van der Waals surface area contributed by atoms with Crippen molar-refractivity contribution in [2.75, 3.05) is 6.61 Å². The van der Waals surface area contributed by atoms with Gasteiger partial charge in [0.25, 0.3) is 0 Å². The summed E-state index contributed by atoms with van der Waals surface area (Å²) in [7, 11) is 0. The van der Waals surface area contributed by atoms with Crippen molar-refractivity contribution >= 4 is 29.6 Å². The number of aromatic hydroxyl groups is 1. The van der Waals surface area contributed by atoms with Gasteiger partial charge in [-0.2, -0.15) is 5.21 Å². The van der Waals surface area contributed by atoms with Crippen molar-refractivity contribution in [2.45, 2.75) is 58.3 Å². The number of H-pyrrole nitrogens is 1. The molecule has 0 aliphatic heterocycles. The van der Waals surface area contributed by atoms with Crippen molar-refractivity contribution in [3.05, 3.63) is 53.6 Å². The van der Waals surface area contributed by atoms with Gasteiger partial charge < -0.3 is 9.84 Å². The van der Waals surface area contributed by atoms with Gasteiger partial charge in [0.15, 0.2) is 5.82 Å². The van der Waals surface area contributed by atoms with Crippen molar-refractivity contribution in [1.29, 1.82) is 0 Å². The SMILES string of the molecule is CCc1cc(-c2cccc(F)c2)c(O)cc1OCCCCCC(C)(C)c1nn[nH]n1.[Na]. The van der Waals surface area contributed by atoms with Crippen LogP contribution in [0.25, 0.3) is 11.1 Å². The maximum atomic E-state index is 13.6. The molecule has 6 nitrogen and oxygen atoms in total. The summed E-state index contributed by atoms with van der Waals surface area (Å²) in [6, 6.07) is 9.76. The maximum Gasteiger partial charge on any atom is 0.180 e. The molecule has 0 saturated heterocycles. The summed E-state index contributed by atoms with van der Waals surface area (Å²) in [4.78, 5) is 0. The first-order chi connectivity index (χ1) is 14.4. The Morgan fingerprint density at radius 2 is 1.94 bits per heavy atom. The van der Waals surface area contributed by atoms with E-state index in [2.05, 4.69) is 34.5 Å². The molecule has 0 aliphatic rings. The van der Waals surface area contributed by atoms with E-state index in [-0.39, 0.29) is 46.5 Å². The molecule has 1 aromatic heterocycles. The summed E-state index contributed by atoms with van der Waals surface area (Å²) in [5.74, 6) is 1.19.